The molecule has 0 saturated heterocycles. The number of aryl methyl sites for hydroxylation is 2. The standard InChI is InChI=1S/C12H20N8/c1-11(18(3)7-6-13-2)16-14-10-15-17-12-19(4)8-9-20(12)5/h6-10,13H,1H2,2-5H3/b7-6-,15-10+,16-14?. The summed E-state index contributed by atoms with van der Waals surface area (Å²) in [6.45, 7) is 3.77. The van der Waals surface area contributed by atoms with Gasteiger partial charge in [-0.05, 0) is 0 Å². The Balaban J connectivity index is 2.61. The van der Waals surface area contributed by atoms with Gasteiger partial charge in [0, 0.05) is 53.0 Å². The number of aromatic nitrogens is 2. The van der Waals surface area contributed by atoms with E-state index in [0.717, 1.165) is 0 Å². The molecule has 1 aromatic heterocycles. The number of azo groups is 1. The van der Waals surface area contributed by atoms with E-state index in [9.17, 15) is 0 Å². The third-order valence-corrected chi connectivity index (χ3v) is 2.44. The van der Waals surface area contributed by atoms with Crippen LogP contribution >= 0.6 is 0 Å². The Labute approximate surface area is 118 Å². The molecule has 0 saturated carbocycles. The van der Waals surface area contributed by atoms with Gasteiger partial charge in [-0.3, -0.25) is 0 Å². The third kappa shape index (κ3) is 4.56. The predicted molar refractivity (Wildman–Crippen MR) is 78.4 cm³/mol. The Morgan fingerprint density at radius 1 is 1.35 bits per heavy atom. The Hall–Kier alpha value is -2.64. The van der Waals surface area contributed by atoms with Crippen LogP contribution in [-0.2, 0) is 14.1 Å². The SMILES string of the molecule is C=C(N=N/C=N/N=c1n(C)ccn1C)N(C)/C=C\NC. The van der Waals surface area contributed by atoms with E-state index in [2.05, 4.69) is 32.3 Å². The van der Waals surface area contributed by atoms with Gasteiger partial charge in [0.05, 0.1) is 0 Å². The van der Waals surface area contributed by atoms with Gasteiger partial charge in [-0.15, -0.1) is 20.4 Å². The van der Waals surface area contributed by atoms with Crippen molar-refractivity contribution in [2.75, 3.05) is 14.1 Å². The highest BCUT2D eigenvalue weighted by molar-refractivity contribution is 5.54. The molecule has 0 aromatic carbocycles. The minimum absolute atomic E-state index is 0.493. The van der Waals surface area contributed by atoms with Crippen LogP contribution in [0, 0.1) is 0 Å². The lowest BCUT2D eigenvalue weighted by Crippen LogP contribution is -2.20. The highest BCUT2D eigenvalue weighted by Gasteiger charge is 1.93. The maximum Gasteiger partial charge on any atom is 0.229 e. The Kier molecular flexibility index (Phi) is 5.95. The van der Waals surface area contributed by atoms with Gasteiger partial charge in [-0.25, -0.2) is 0 Å². The van der Waals surface area contributed by atoms with Crippen LogP contribution in [0.15, 0.2) is 57.6 Å². The van der Waals surface area contributed by atoms with E-state index in [1.165, 1.54) is 6.34 Å². The molecule has 0 spiro atoms. The summed E-state index contributed by atoms with van der Waals surface area (Å²) in [5.74, 6) is 0.493. The maximum absolute atomic E-state index is 4.03. The van der Waals surface area contributed by atoms with Gasteiger partial charge in [0.2, 0.25) is 5.62 Å². The van der Waals surface area contributed by atoms with Gasteiger partial charge in [0.1, 0.15) is 5.82 Å². The van der Waals surface area contributed by atoms with Gasteiger partial charge in [0.25, 0.3) is 0 Å². The molecule has 1 rings (SSSR count). The molecular formula is C12H20N8. The van der Waals surface area contributed by atoms with Crippen LogP contribution in [0.25, 0.3) is 0 Å². The zero-order chi connectivity index (χ0) is 15.0. The van der Waals surface area contributed by atoms with Crippen molar-refractivity contribution in [3.8, 4) is 0 Å². The van der Waals surface area contributed by atoms with Crippen LogP contribution in [0.3, 0.4) is 0 Å². The fourth-order valence-corrected chi connectivity index (χ4v) is 1.26. The van der Waals surface area contributed by atoms with Gasteiger partial charge in [0.15, 0.2) is 6.34 Å². The molecule has 1 N–H and O–H groups in total. The minimum atomic E-state index is 0.493. The molecule has 0 atom stereocenters. The Morgan fingerprint density at radius 3 is 2.60 bits per heavy atom. The first-order chi connectivity index (χ1) is 9.56. The summed E-state index contributed by atoms with van der Waals surface area (Å²) < 4.78 is 3.70. The molecular weight excluding hydrogens is 256 g/mol. The molecule has 0 aliphatic carbocycles. The summed E-state index contributed by atoms with van der Waals surface area (Å²) in [7, 11) is 7.41. The lowest BCUT2D eigenvalue weighted by molar-refractivity contribution is 0.554. The highest BCUT2D eigenvalue weighted by atomic mass is 15.3. The molecule has 0 amide bonds. The molecule has 1 heterocycles. The van der Waals surface area contributed by atoms with Crippen LogP contribution in [0.2, 0.25) is 0 Å². The number of imidazole rings is 1. The summed E-state index contributed by atoms with van der Waals surface area (Å²) in [4.78, 5) is 1.72. The zero-order valence-electron chi connectivity index (χ0n) is 12.2. The van der Waals surface area contributed by atoms with E-state index in [-0.39, 0.29) is 0 Å². The molecule has 0 unspecified atom stereocenters. The number of hydrogen-bond donors (Lipinski definition) is 1. The topological polar surface area (TPSA) is 74.6 Å². The lowest BCUT2D eigenvalue weighted by Gasteiger charge is -2.10. The summed E-state index contributed by atoms with van der Waals surface area (Å²) in [5.41, 5.74) is 0.712. The second-order valence-corrected chi connectivity index (χ2v) is 4.00. The van der Waals surface area contributed by atoms with Gasteiger partial charge < -0.3 is 19.4 Å². The zero-order valence-corrected chi connectivity index (χ0v) is 12.2. The molecule has 0 aliphatic rings. The van der Waals surface area contributed by atoms with Crippen LogP contribution in [0.4, 0.5) is 0 Å². The quantitative estimate of drug-likeness (QED) is 0.360. The minimum Gasteiger partial charge on any atom is -0.393 e. The van der Waals surface area contributed by atoms with Gasteiger partial charge in [-0.1, -0.05) is 6.58 Å². The molecule has 1 aromatic rings. The average molecular weight is 276 g/mol. The molecule has 0 bridgehead atoms. The molecule has 8 heteroatoms. The molecule has 20 heavy (non-hydrogen) atoms. The predicted octanol–water partition coefficient (Wildman–Crippen LogP) is 0.753. The van der Waals surface area contributed by atoms with Crippen molar-refractivity contribution in [3.05, 3.63) is 42.8 Å². The van der Waals surface area contributed by atoms with Crippen molar-refractivity contribution in [2.24, 2.45) is 34.5 Å². The van der Waals surface area contributed by atoms with E-state index in [1.54, 1.807) is 17.3 Å². The summed E-state index contributed by atoms with van der Waals surface area (Å²) in [5, 5.41) is 18.4. The normalized spacial score (nSPS) is 11.6. The number of hydrogen-bond acceptors (Lipinski definition) is 5. The van der Waals surface area contributed by atoms with Crippen LogP contribution in [-0.4, -0.2) is 34.5 Å². The van der Waals surface area contributed by atoms with Crippen molar-refractivity contribution in [2.45, 2.75) is 0 Å². The molecule has 108 valence electrons. The first-order valence-corrected chi connectivity index (χ1v) is 5.96. The second kappa shape index (κ2) is 7.72. The lowest BCUT2D eigenvalue weighted by atomic mass is 10.6. The molecule has 0 aliphatic heterocycles. The van der Waals surface area contributed by atoms with Crippen molar-refractivity contribution in [1.29, 1.82) is 0 Å². The van der Waals surface area contributed by atoms with E-state index in [0.29, 0.717) is 11.4 Å². The molecule has 8 nitrogen and oxygen atoms in total. The van der Waals surface area contributed by atoms with E-state index in [4.69, 9.17) is 0 Å². The van der Waals surface area contributed by atoms with Crippen LogP contribution in [0.1, 0.15) is 0 Å². The van der Waals surface area contributed by atoms with Crippen LogP contribution in [0.5, 0.6) is 0 Å². The summed E-state index contributed by atoms with van der Waals surface area (Å²) in [6.07, 6.45) is 8.60. The highest BCUT2D eigenvalue weighted by Crippen LogP contribution is 2.00. The first kappa shape index (κ1) is 15.4. The fourth-order valence-electron chi connectivity index (χ4n) is 1.26. The number of nitrogens with zero attached hydrogens (tertiary/aromatic N) is 7. The molecule has 0 radical (unpaired) electrons. The number of nitrogens with one attached hydrogen (secondary N) is 1. The second-order valence-electron chi connectivity index (χ2n) is 4.00. The van der Waals surface area contributed by atoms with Crippen molar-refractivity contribution in [3.63, 3.8) is 0 Å². The van der Waals surface area contributed by atoms with Gasteiger partial charge in [-0.2, -0.15) is 0 Å². The Bertz CT molecular complexity index is 564. The van der Waals surface area contributed by atoms with Crippen molar-refractivity contribution in [1.82, 2.24) is 19.4 Å². The summed E-state index contributed by atoms with van der Waals surface area (Å²) >= 11 is 0. The summed E-state index contributed by atoms with van der Waals surface area (Å²) in [6, 6.07) is 0. The van der Waals surface area contributed by atoms with Crippen LogP contribution < -0.4 is 10.9 Å². The van der Waals surface area contributed by atoms with E-state index in [1.807, 2.05) is 49.7 Å². The molecule has 0 fully saturated rings. The fraction of sp³-hybridized carbons (Fsp3) is 0.333. The Morgan fingerprint density at radius 2 is 2.00 bits per heavy atom. The van der Waals surface area contributed by atoms with E-state index < -0.39 is 0 Å². The monoisotopic (exact) mass is 276 g/mol. The third-order valence-electron chi connectivity index (χ3n) is 2.44. The van der Waals surface area contributed by atoms with Crippen molar-refractivity contribution >= 4 is 6.34 Å². The van der Waals surface area contributed by atoms with E-state index >= 15 is 0 Å². The first-order valence-electron chi connectivity index (χ1n) is 5.96. The smallest absolute Gasteiger partial charge is 0.229 e. The average Bonchev–Trinajstić information content (AvgIpc) is 2.75. The van der Waals surface area contributed by atoms with Crippen molar-refractivity contribution < 1.29 is 0 Å². The number of rotatable bonds is 6. The largest absolute Gasteiger partial charge is 0.393 e. The maximum atomic E-state index is 4.03. The van der Waals surface area contributed by atoms with Gasteiger partial charge >= 0.3 is 0 Å².